The molecule has 0 amide bonds. The molecule has 3 rings (SSSR count). The zero-order valence-corrected chi connectivity index (χ0v) is 22.2. The molecular weight excluding hydrogens is 440 g/mol. The van der Waals surface area contributed by atoms with Gasteiger partial charge in [0.2, 0.25) is 0 Å². The summed E-state index contributed by atoms with van der Waals surface area (Å²) >= 11 is 0. The van der Waals surface area contributed by atoms with Crippen molar-refractivity contribution in [1.82, 2.24) is 0 Å². The molecule has 0 saturated carbocycles. The molecule has 0 aromatic carbocycles. The van der Waals surface area contributed by atoms with E-state index < -0.39 is 24.8 Å². The summed E-state index contributed by atoms with van der Waals surface area (Å²) < 4.78 is 31.4. The molecule has 0 spiro atoms. The number of aliphatic hydroxyl groups excluding tert-OH is 3. The van der Waals surface area contributed by atoms with Crippen LogP contribution in [0.3, 0.4) is 0 Å². The third-order valence-electron chi connectivity index (χ3n) is 9.40. The maximum absolute atomic E-state index is 10.2. The van der Waals surface area contributed by atoms with Gasteiger partial charge in [0.05, 0.1) is 44.2 Å². The topological polar surface area (TPSA) is 107 Å². The molecule has 0 aromatic rings. The molecule has 3 heterocycles. The lowest BCUT2D eigenvalue weighted by Crippen LogP contribution is -2.58. The van der Waals surface area contributed by atoms with Crippen molar-refractivity contribution in [2.75, 3.05) is 19.8 Å². The van der Waals surface area contributed by atoms with Crippen LogP contribution in [-0.4, -0.2) is 84.3 Å². The minimum atomic E-state index is -0.571. The zero-order valence-electron chi connectivity index (χ0n) is 22.2. The van der Waals surface area contributed by atoms with E-state index in [0.717, 1.165) is 0 Å². The zero-order chi connectivity index (χ0) is 25.3. The van der Waals surface area contributed by atoms with Crippen LogP contribution in [0.25, 0.3) is 0 Å². The number of hydrogen-bond donors (Lipinski definition) is 3. The molecule has 0 bridgehead atoms. The van der Waals surface area contributed by atoms with E-state index in [9.17, 15) is 15.3 Å². The van der Waals surface area contributed by atoms with E-state index in [-0.39, 0.29) is 79.7 Å². The van der Waals surface area contributed by atoms with E-state index in [4.69, 9.17) is 23.7 Å². The maximum Gasteiger partial charge on any atom is 0.161 e. The van der Waals surface area contributed by atoms with Gasteiger partial charge in [0.25, 0.3) is 0 Å². The summed E-state index contributed by atoms with van der Waals surface area (Å²) in [5.74, 6) is 1.17. The Morgan fingerprint density at radius 3 is 1.38 bits per heavy atom. The number of hydrogen-bond acceptors (Lipinski definition) is 8. The molecular formula is C26H48O8. The molecule has 0 aromatic heterocycles. The first kappa shape index (κ1) is 28.3. The maximum atomic E-state index is 10.2. The standard InChI is InChI=1S/C26H48O8/c1-12-14(3)20(9-27)31-25(17(12)6)34-24-16(5)18(7)26(32-22(24)11-29)33-23-15(4)13(2)19(8)30-21(23)10-28/h12-29H,9-11H2,1-8H3/t12-,13?,14+,15+,16+,17?,18?,19-,20?,21?,22?,23+,24+,25-,26-/m0/s1. The molecule has 3 saturated heterocycles. The Bertz CT molecular complexity index is 628. The van der Waals surface area contributed by atoms with Gasteiger partial charge in [-0.15, -0.1) is 0 Å². The van der Waals surface area contributed by atoms with Crippen molar-refractivity contribution in [3.63, 3.8) is 0 Å². The molecule has 8 heteroatoms. The summed E-state index contributed by atoms with van der Waals surface area (Å²) in [5.41, 5.74) is 0. The Kier molecular flexibility index (Phi) is 9.82. The molecule has 15 atom stereocenters. The monoisotopic (exact) mass is 488 g/mol. The Labute approximate surface area is 205 Å². The van der Waals surface area contributed by atoms with Crippen molar-refractivity contribution in [2.24, 2.45) is 41.4 Å². The van der Waals surface area contributed by atoms with Crippen LogP contribution in [0.2, 0.25) is 0 Å². The van der Waals surface area contributed by atoms with E-state index in [1.165, 1.54) is 0 Å². The highest BCUT2D eigenvalue weighted by Gasteiger charge is 2.49. The first-order chi connectivity index (χ1) is 16.0. The minimum absolute atomic E-state index is 0.0159. The fraction of sp³-hybridized carbons (Fsp3) is 1.00. The lowest BCUT2D eigenvalue weighted by Gasteiger charge is -2.50. The van der Waals surface area contributed by atoms with Crippen molar-refractivity contribution >= 4 is 0 Å². The highest BCUT2D eigenvalue weighted by Crippen LogP contribution is 2.41. The van der Waals surface area contributed by atoms with Gasteiger partial charge >= 0.3 is 0 Å². The largest absolute Gasteiger partial charge is 0.394 e. The quantitative estimate of drug-likeness (QED) is 0.502. The SMILES string of the molecule is CC1[C@H](O[C@H]2C(CO)O[C@@H](O[C@H]3C(CO)O[C@@H](C)C(C)[C@H]3C)C(C)[C@H]2C)OC(CO)[C@H](C)[C@@H]1C. The lowest BCUT2D eigenvalue weighted by molar-refractivity contribution is -0.343. The minimum Gasteiger partial charge on any atom is -0.394 e. The Morgan fingerprint density at radius 1 is 0.471 bits per heavy atom. The van der Waals surface area contributed by atoms with Crippen molar-refractivity contribution < 1.29 is 39.0 Å². The second kappa shape index (κ2) is 11.8. The predicted octanol–water partition coefficient (Wildman–Crippen LogP) is 2.42. The molecule has 3 N–H and O–H groups in total. The molecule has 200 valence electrons. The Hall–Kier alpha value is -0.320. The summed E-state index contributed by atoms with van der Waals surface area (Å²) in [6.45, 7) is 16.5. The fourth-order valence-corrected chi connectivity index (χ4v) is 5.84. The van der Waals surface area contributed by atoms with Crippen LogP contribution in [-0.2, 0) is 23.7 Å². The number of rotatable bonds is 7. The summed E-state index contributed by atoms with van der Waals surface area (Å²) in [4.78, 5) is 0. The van der Waals surface area contributed by atoms with Gasteiger partial charge in [0.1, 0.15) is 12.2 Å². The van der Waals surface area contributed by atoms with Gasteiger partial charge in [0, 0.05) is 11.8 Å². The molecule has 3 aliphatic heterocycles. The van der Waals surface area contributed by atoms with Crippen molar-refractivity contribution in [1.29, 1.82) is 0 Å². The first-order valence-corrected chi connectivity index (χ1v) is 13.1. The van der Waals surface area contributed by atoms with Gasteiger partial charge in [0.15, 0.2) is 12.6 Å². The Morgan fingerprint density at radius 2 is 0.882 bits per heavy atom. The smallest absolute Gasteiger partial charge is 0.161 e. The average molecular weight is 489 g/mol. The second-order valence-electron chi connectivity index (χ2n) is 11.2. The summed E-state index contributed by atoms with van der Waals surface area (Å²) in [6, 6.07) is 0. The average Bonchev–Trinajstić information content (AvgIpc) is 2.83. The molecule has 8 nitrogen and oxygen atoms in total. The first-order valence-electron chi connectivity index (χ1n) is 13.1. The van der Waals surface area contributed by atoms with Crippen LogP contribution in [0, 0.1) is 41.4 Å². The van der Waals surface area contributed by atoms with E-state index in [0.29, 0.717) is 5.92 Å². The lowest BCUT2D eigenvalue weighted by atomic mass is 9.78. The summed E-state index contributed by atoms with van der Waals surface area (Å²) in [5, 5.41) is 29.9. The van der Waals surface area contributed by atoms with Crippen LogP contribution in [0.4, 0.5) is 0 Å². The van der Waals surface area contributed by atoms with E-state index >= 15 is 0 Å². The molecule has 3 fully saturated rings. The van der Waals surface area contributed by atoms with Gasteiger partial charge in [-0.3, -0.25) is 0 Å². The van der Waals surface area contributed by atoms with Gasteiger partial charge in [-0.05, 0) is 36.5 Å². The molecule has 3 aliphatic rings. The normalized spacial score (nSPS) is 52.5. The highest BCUT2D eigenvalue weighted by atomic mass is 16.7. The number of ether oxygens (including phenoxy) is 5. The third-order valence-corrected chi connectivity index (χ3v) is 9.40. The van der Waals surface area contributed by atoms with Crippen molar-refractivity contribution in [2.45, 2.75) is 105 Å². The van der Waals surface area contributed by atoms with Crippen LogP contribution in [0.1, 0.15) is 55.4 Å². The number of aliphatic hydroxyl groups is 3. The van der Waals surface area contributed by atoms with Crippen LogP contribution in [0.15, 0.2) is 0 Å². The van der Waals surface area contributed by atoms with Crippen LogP contribution in [0.5, 0.6) is 0 Å². The van der Waals surface area contributed by atoms with E-state index in [1.54, 1.807) is 0 Å². The van der Waals surface area contributed by atoms with Crippen molar-refractivity contribution in [3.05, 3.63) is 0 Å². The van der Waals surface area contributed by atoms with Crippen molar-refractivity contribution in [3.8, 4) is 0 Å². The van der Waals surface area contributed by atoms with Gasteiger partial charge in [-0.2, -0.15) is 0 Å². The fourth-order valence-electron chi connectivity index (χ4n) is 5.84. The Balaban J connectivity index is 1.72. The molecule has 0 aliphatic carbocycles. The molecule has 34 heavy (non-hydrogen) atoms. The van der Waals surface area contributed by atoms with Gasteiger partial charge < -0.3 is 39.0 Å². The van der Waals surface area contributed by atoms with E-state index in [2.05, 4.69) is 48.5 Å². The van der Waals surface area contributed by atoms with Gasteiger partial charge in [-0.25, -0.2) is 0 Å². The second-order valence-corrected chi connectivity index (χ2v) is 11.2. The van der Waals surface area contributed by atoms with Crippen LogP contribution >= 0.6 is 0 Å². The van der Waals surface area contributed by atoms with Crippen LogP contribution < -0.4 is 0 Å². The van der Waals surface area contributed by atoms with Gasteiger partial charge in [-0.1, -0.05) is 48.5 Å². The predicted molar refractivity (Wildman–Crippen MR) is 127 cm³/mol. The highest BCUT2D eigenvalue weighted by molar-refractivity contribution is 4.92. The molecule has 0 radical (unpaired) electrons. The molecule has 6 unspecified atom stereocenters. The third kappa shape index (κ3) is 5.49. The van der Waals surface area contributed by atoms with E-state index in [1.807, 2.05) is 6.92 Å². The summed E-state index contributed by atoms with van der Waals surface area (Å²) in [6.07, 6.45) is -2.92. The summed E-state index contributed by atoms with van der Waals surface area (Å²) in [7, 11) is 0.